The Kier molecular flexibility index (Phi) is 6.27. The molecule has 0 heterocycles. The van der Waals surface area contributed by atoms with Crippen LogP contribution in [0, 0.1) is 0 Å². The van der Waals surface area contributed by atoms with E-state index >= 15 is 0 Å². The quantitative estimate of drug-likeness (QED) is 0.876. The van der Waals surface area contributed by atoms with Crippen molar-refractivity contribution in [3.8, 4) is 0 Å². The zero-order valence-electron chi connectivity index (χ0n) is 11.2. The van der Waals surface area contributed by atoms with Crippen LogP contribution < -0.4 is 5.32 Å². The highest BCUT2D eigenvalue weighted by atomic mass is 35.5. The van der Waals surface area contributed by atoms with Crippen LogP contribution in [0.25, 0.3) is 0 Å². The van der Waals surface area contributed by atoms with Gasteiger partial charge in [0.1, 0.15) is 0 Å². The Bertz CT molecular complexity index is 460. The molecule has 19 heavy (non-hydrogen) atoms. The van der Waals surface area contributed by atoms with E-state index in [0.717, 1.165) is 0 Å². The number of rotatable bonds is 5. The van der Waals surface area contributed by atoms with Crippen LogP contribution >= 0.6 is 23.2 Å². The molecular formula is C13H19Cl2NO2S. The summed E-state index contributed by atoms with van der Waals surface area (Å²) in [7, 11) is -1.37. The number of aliphatic hydroxyl groups is 1. The van der Waals surface area contributed by atoms with E-state index in [2.05, 4.69) is 5.32 Å². The topological polar surface area (TPSA) is 49.3 Å². The number of benzene rings is 1. The number of aliphatic hydroxyl groups excluding tert-OH is 1. The maximum absolute atomic E-state index is 12.1. The van der Waals surface area contributed by atoms with Gasteiger partial charge in [0.15, 0.2) is 0 Å². The van der Waals surface area contributed by atoms with Gasteiger partial charge in [-0.2, -0.15) is 0 Å². The van der Waals surface area contributed by atoms with E-state index in [0.29, 0.717) is 21.5 Å². The van der Waals surface area contributed by atoms with Crippen molar-refractivity contribution in [1.82, 2.24) is 5.32 Å². The summed E-state index contributed by atoms with van der Waals surface area (Å²) in [5.41, 5.74) is -0.0871. The molecule has 1 rings (SSSR count). The maximum Gasteiger partial charge on any atom is 0.0783 e. The molecule has 0 aromatic heterocycles. The van der Waals surface area contributed by atoms with Crippen molar-refractivity contribution in [2.45, 2.75) is 37.3 Å². The van der Waals surface area contributed by atoms with Crippen molar-refractivity contribution < 1.29 is 9.32 Å². The number of β-amino-alcohol motifs (C(OH)–C–C–N with tert-alkyl or cyclic N) is 1. The highest BCUT2D eigenvalue weighted by Gasteiger charge is 2.17. The summed E-state index contributed by atoms with van der Waals surface area (Å²) in [6.45, 7) is 6.40. The van der Waals surface area contributed by atoms with Crippen LogP contribution in [0.4, 0.5) is 0 Å². The summed E-state index contributed by atoms with van der Waals surface area (Å²) < 4.78 is 12.1. The maximum atomic E-state index is 12.1. The summed E-state index contributed by atoms with van der Waals surface area (Å²) >= 11 is 11.8. The van der Waals surface area contributed by atoms with Gasteiger partial charge in [-0.05, 0) is 39.0 Å². The van der Waals surface area contributed by atoms with Crippen LogP contribution in [-0.2, 0) is 10.8 Å². The molecule has 2 N–H and O–H groups in total. The third-order valence-corrected chi connectivity index (χ3v) is 4.54. The van der Waals surface area contributed by atoms with Gasteiger partial charge in [0, 0.05) is 17.1 Å². The fourth-order valence-electron chi connectivity index (χ4n) is 1.40. The summed E-state index contributed by atoms with van der Waals surface area (Å²) in [5.74, 6) is 0.128. The average Bonchev–Trinajstić information content (AvgIpc) is 2.28. The van der Waals surface area contributed by atoms with Gasteiger partial charge in [-0.15, -0.1) is 0 Å². The lowest BCUT2D eigenvalue weighted by molar-refractivity contribution is 0.182. The number of hydrogen-bond donors (Lipinski definition) is 2. The first-order valence-electron chi connectivity index (χ1n) is 5.95. The Morgan fingerprint density at radius 2 is 2.00 bits per heavy atom. The van der Waals surface area contributed by atoms with E-state index in [4.69, 9.17) is 23.2 Å². The highest BCUT2D eigenvalue weighted by Crippen LogP contribution is 2.24. The summed E-state index contributed by atoms with van der Waals surface area (Å²) in [6, 6.07) is 4.82. The van der Waals surface area contributed by atoms with Crippen LogP contribution in [0.3, 0.4) is 0 Å². The zero-order valence-corrected chi connectivity index (χ0v) is 13.6. The molecule has 0 aliphatic carbocycles. The third-order valence-electron chi connectivity index (χ3n) is 2.35. The molecule has 0 radical (unpaired) electrons. The molecule has 0 aliphatic rings. The van der Waals surface area contributed by atoms with Gasteiger partial charge in [-0.25, -0.2) is 0 Å². The summed E-state index contributed by atoms with van der Waals surface area (Å²) in [4.78, 5) is 0.462. The molecule has 1 aromatic rings. The summed E-state index contributed by atoms with van der Waals surface area (Å²) in [6.07, 6.45) is -0.699. The van der Waals surface area contributed by atoms with E-state index in [9.17, 15) is 9.32 Å². The van der Waals surface area contributed by atoms with Gasteiger partial charge in [0.2, 0.25) is 0 Å². The molecule has 6 heteroatoms. The summed E-state index contributed by atoms with van der Waals surface area (Å²) in [5, 5.41) is 13.9. The van der Waals surface area contributed by atoms with Gasteiger partial charge in [-0.3, -0.25) is 4.21 Å². The Morgan fingerprint density at radius 3 is 2.58 bits per heavy atom. The first-order chi connectivity index (χ1) is 8.69. The normalized spacial score (nSPS) is 15.3. The van der Waals surface area contributed by atoms with E-state index in [1.807, 2.05) is 20.8 Å². The number of hydrogen-bond acceptors (Lipinski definition) is 3. The van der Waals surface area contributed by atoms with Crippen molar-refractivity contribution in [3.05, 3.63) is 28.2 Å². The zero-order chi connectivity index (χ0) is 14.6. The van der Waals surface area contributed by atoms with Crippen LogP contribution in [-0.4, -0.2) is 33.3 Å². The Hall–Kier alpha value is -0.130. The Balaban J connectivity index is 2.62. The minimum absolute atomic E-state index is 0.0871. The number of halogens is 2. The van der Waals surface area contributed by atoms with Crippen molar-refractivity contribution in [1.29, 1.82) is 0 Å². The fraction of sp³-hybridized carbons (Fsp3) is 0.538. The number of nitrogens with one attached hydrogen (secondary N) is 1. The largest absolute Gasteiger partial charge is 0.391 e. The predicted molar refractivity (Wildman–Crippen MR) is 81.5 cm³/mol. The first kappa shape index (κ1) is 16.9. The second-order valence-electron chi connectivity index (χ2n) is 5.37. The fourth-order valence-corrected chi connectivity index (χ4v) is 3.20. The van der Waals surface area contributed by atoms with Crippen LogP contribution in [0.1, 0.15) is 20.8 Å². The van der Waals surface area contributed by atoms with Crippen molar-refractivity contribution in [3.63, 3.8) is 0 Å². The van der Waals surface area contributed by atoms with Gasteiger partial charge < -0.3 is 10.4 Å². The molecule has 1 aromatic carbocycles. The molecule has 0 saturated heterocycles. The van der Waals surface area contributed by atoms with Crippen molar-refractivity contribution >= 4 is 34.0 Å². The predicted octanol–water partition coefficient (Wildman–Crippen LogP) is 2.85. The first-order valence-corrected chi connectivity index (χ1v) is 8.03. The van der Waals surface area contributed by atoms with Crippen molar-refractivity contribution in [2.24, 2.45) is 0 Å². The molecule has 108 valence electrons. The third kappa shape index (κ3) is 6.23. The Labute approximate surface area is 126 Å². The molecule has 0 bridgehead atoms. The highest BCUT2D eigenvalue weighted by molar-refractivity contribution is 7.85. The molecule has 0 fully saturated rings. The second kappa shape index (κ2) is 7.04. The molecule has 2 unspecified atom stereocenters. The monoisotopic (exact) mass is 323 g/mol. The lowest BCUT2D eigenvalue weighted by Gasteiger charge is -2.22. The van der Waals surface area contributed by atoms with Crippen molar-refractivity contribution in [2.75, 3.05) is 12.3 Å². The standard InChI is InChI=1S/C13H19Cl2NO2S/c1-13(2,3)16-7-10(17)8-19(18)12-6-9(14)4-5-11(12)15/h4-6,10,16-17H,7-8H2,1-3H3. The Morgan fingerprint density at radius 1 is 1.37 bits per heavy atom. The van der Waals surface area contributed by atoms with Crippen LogP contribution in [0.15, 0.2) is 23.1 Å². The van der Waals surface area contributed by atoms with E-state index in [-0.39, 0.29) is 11.3 Å². The lowest BCUT2D eigenvalue weighted by atomic mass is 10.1. The van der Waals surface area contributed by atoms with E-state index in [1.54, 1.807) is 18.2 Å². The molecule has 3 nitrogen and oxygen atoms in total. The van der Waals surface area contributed by atoms with E-state index < -0.39 is 16.9 Å². The minimum atomic E-state index is -1.37. The SMILES string of the molecule is CC(C)(C)NCC(O)CS(=O)c1cc(Cl)ccc1Cl. The molecular weight excluding hydrogens is 305 g/mol. The lowest BCUT2D eigenvalue weighted by Crippen LogP contribution is -2.42. The van der Waals surface area contributed by atoms with Gasteiger partial charge in [-0.1, -0.05) is 23.2 Å². The van der Waals surface area contributed by atoms with Gasteiger partial charge in [0.25, 0.3) is 0 Å². The van der Waals surface area contributed by atoms with Gasteiger partial charge in [0.05, 0.1) is 32.6 Å². The molecule has 0 saturated carbocycles. The van der Waals surface area contributed by atoms with E-state index in [1.165, 1.54) is 0 Å². The average molecular weight is 324 g/mol. The molecule has 0 spiro atoms. The second-order valence-corrected chi connectivity index (χ2v) is 7.68. The molecule has 2 atom stereocenters. The van der Waals surface area contributed by atoms with Gasteiger partial charge >= 0.3 is 0 Å². The smallest absolute Gasteiger partial charge is 0.0783 e. The molecule has 0 amide bonds. The molecule has 0 aliphatic heterocycles. The van der Waals surface area contributed by atoms with Crippen LogP contribution in [0.5, 0.6) is 0 Å². The van der Waals surface area contributed by atoms with Crippen LogP contribution in [0.2, 0.25) is 10.0 Å². The minimum Gasteiger partial charge on any atom is -0.391 e.